The molecule has 1 heteroatoms. The molecule has 0 radical (unpaired) electrons. The Kier molecular flexibility index (Phi) is 5.26. The Morgan fingerprint density at radius 3 is 1.95 bits per heavy atom. The van der Waals surface area contributed by atoms with Gasteiger partial charge in [0, 0.05) is 6.04 Å². The van der Waals surface area contributed by atoms with Gasteiger partial charge in [-0.3, -0.25) is 0 Å². The van der Waals surface area contributed by atoms with Gasteiger partial charge in [0.05, 0.1) is 0 Å². The van der Waals surface area contributed by atoms with Crippen LogP contribution in [0, 0.1) is 33.6 Å². The lowest BCUT2D eigenvalue weighted by atomic mass is 9.84. The fraction of sp³-hybridized carbons (Fsp3) is 0.684. The molecule has 0 aromatic heterocycles. The van der Waals surface area contributed by atoms with Gasteiger partial charge in [0.15, 0.2) is 0 Å². The van der Waals surface area contributed by atoms with E-state index in [1.54, 1.807) is 0 Å². The Balaban J connectivity index is 2.18. The minimum atomic E-state index is 0.219. The van der Waals surface area contributed by atoms with E-state index in [0.717, 1.165) is 5.92 Å². The van der Waals surface area contributed by atoms with Crippen molar-refractivity contribution in [2.75, 3.05) is 0 Å². The quantitative estimate of drug-likeness (QED) is 0.745. The van der Waals surface area contributed by atoms with Crippen molar-refractivity contribution in [3.63, 3.8) is 0 Å². The van der Waals surface area contributed by atoms with Crippen LogP contribution in [-0.4, -0.2) is 0 Å². The molecule has 2 N–H and O–H groups in total. The molecule has 1 aliphatic rings. The zero-order valence-electron chi connectivity index (χ0n) is 13.8. The minimum absolute atomic E-state index is 0.219. The molecule has 1 fully saturated rings. The standard InChI is InChI=1S/C19H31N/c1-13-11-14(2)16(4)19(15(13)3)18(20)12-17-9-7-5-6-8-10-17/h11,17-18H,5-10,12,20H2,1-4H3. The van der Waals surface area contributed by atoms with Gasteiger partial charge < -0.3 is 5.73 Å². The summed E-state index contributed by atoms with van der Waals surface area (Å²) < 4.78 is 0. The van der Waals surface area contributed by atoms with E-state index in [2.05, 4.69) is 33.8 Å². The molecule has 0 heterocycles. The molecule has 1 nitrogen and oxygen atoms in total. The molecule has 112 valence electrons. The van der Waals surface area contributed by atoms with Gasteiger partial charge in [-0.05, 0) is 67.9 Å². The number of nitrogens with two attached hydrogens (primary N) is 1. The third-order valence-electron chi connectivity index (χ3n) is 5.36. The van der Waals surface area contributed by atoms with E-state index in [4.69, 9.17) is 5.73 Å². The van der Waals surface area contributed by atoms with Crippen LogP contribution >= 0.6 is 0 Å². The first-order chi connectivity index (χ1) is 9.50. The van der Waals surface area contributed by atoms with Crippen LogP contribution < -0.4 is 5.73 Å². The maximum Gasteiger partial charge on any atom is 0.0302 e. The average molecular weight is 273 g/mol. The lowest BCUT2D eigenvalue weighted by Crippen LogP contribution is -2.18. The monoisotopic (exact) mass is 273 g/mol. The first-order valence-corrected chi connectivity index (χ1v) is 8.33. The SMILES string of the molecule is Cc1cc(C)c(C)c(C(N)CC2CCCCCC2)c1C. The third kappa shape index (κ3) is 3.44. The Morgan fingerprint density at radius 1 is 0.950 bits per heavy atom. The van der Waals surface area contributed by atoms with E-state index in [1.165, 1.54) is 72.8 Å². The zero-order valence-corrected chi connectivity index (χ0v) is 13.8. The van der Waals surface area contributed by atoms with Crippen molar-refractivity contribution in [2.24, 2.45) is 11.7 Å². The molecular formula is C19H31N. The number of aryl methyl sites for hydroxylation is 2. The molecule has 1 atom stereocenters. The van der Waals surface area contributed by atoms with Gasteiger partial charge in [0.1, 0.15) is 0 Å². The van der Waals surface area contributed by atoms with Crippen molar-refractivity contribution in [3.8, 4) is 0 Å². The summed E-state index contributed by atoms with van der Waals surface area (Å²) in [5.41, 5.74) is 13.6. The normalized spacial score (nSPS) is 18.9. The lowest BCUT2D eigenvalue weighted by Gasteiger charge is -2.24. The molecule has 1 aliphatic carbocycles. The fourth-order valence-electron chi connectivity index (χ4n) is 3.88. The number of rotatable bonds is 3. The Morgan fingerprint density at radius 2 is 1.45 bits per heavy atom. The van der Waals surface area contributed by atoms with E-state index in [-0.39, 0.29) is 6.04 Å². The van der Waals surface area contributed by atoms with E-state index in [9.17, 15) is 0 Å². The largest absolute Gasteiger partial charge is 0.324 e. The van der Waals surface area contributed by atoms with Gasteiger partial charge in [0.25, 0.3) is 0 Å². The van der Waals surface area contributed by atoms with Crippen molar-refractivity contribution < 1.29 is 0 Å². The molecule has 0 saturated heterocycles. The molecule has 1 unspecified atom stereocenters. The van der Waals surface area contributed by atoms with Gasteiger partial charge in [-0.1, -0.05) is 44.6 Å². The molecule has 0 amide bonds. The molecule has 1 aromatic rings. The summed E-state index contributed by atoms with van der Waals surface area (Å²) in [5.74, 6) is 0.840. The molecule has 0 spiro atoms. The van der Waals surface area contributed by atoms with Gasteiger partial charge >= 0.3 is 0 Å². The fourth-order valence-corrected chi connectivity index (χ4v) is 3.88. The van der Waals surface area contributed by atoms with E-state index in [0.29, 0.717) is 0 Å². The summed E-state index contributed by atoms with van der Waals surface area (Å²) in [6.07, 6.45) is 9.60. The lowest BCUT2D eigenvalue weighted by molar-refractivity contribution is 0.391. The van der Waals surface area contributed by atoms with Crippen LogP contribution in [0.3, 0.4) is 0 Å². The average Bonchev–Trinajstić information content (AvgIpc) is 2.65. The Hall–Kier alpha value is -0.820. The number of hydrogen-bond donors (Lipinski definition) is 1. The van der Waals surface area contributed by atoms with Crippen LogP contribution in [-0.2, 0) is 0 Å². The Bertz CT molecular complexity index is 427. The summed E-state index contributed by atoms with van der Waals surface area (Å²) >= 11 is 0. The van der Waals surface area contributed by atoms with Crippen LogP contribution in [0.25, 0.3) is 0 Å². The van der Waals surface area contributed by atoms with Crippen molar-refractivity contribution in [3.05, 3.63) is 33.9 Å². The number of hydrogen-bond acceptors (Lipinski definition) is 1. The van der Waals surface area contributed by atoms with E-state index >= 15 is 0 Å². The summed E-state index contributed by atoms with van der Waals surface area (Å²) in [5, 5.41) is 0. The predicted molar refractivity (Wildman–Crippen MR) is 88.1 cm³/mol. The van der Waals surface area contributed by atoms with Crippen molar-refractivity contribution in [1.82, 2.24) is 0 Å². The minimum Gasteiger partial charge on any atom is -0.324 e. The van der Waals surface area contributed by atoms with Crippen LogP contribution in [0.4, 0.5) is 0 Å². The highest BCUT2D eigenvalue weighted by Crippen LogP contribution is 2.33. The maximum atomic E-state index is 6.62. The van der Waals surface area contributed by atoms with Crippen LogP contribution in [0.5, 0.6) is 0 Å². The zero-order chi connectivity index (χ0) is 14.7. The van der Waals surface area contributed by atoms with Gasteiger partial charge in [-0.2, -0.15) is 0 Å². The van der Waals surface area contributed by atoms with E-state index < -0.39 is 0 Å². The topological polar surface area (TPSA) is 26.0 Å². The third-order valence-corrected chi connectivity index (χ3v) is 5.36. The summed E-state index contributed by atoms with van der Waals surface area (Å²) in [4.78, 5) is 0. The molecule has 0 aliphatic heterocycles. The maximum absolute atomic E-state index is 6.62. The molecule has 2 rings (SSSR count). The second-order valence-corrected chi connectivity index (χ2v) is 6.87. The second-order valence-electron chi connectivity index (χ2n) is 6.87. The molecule has 20 heavy (non-hydrogen) atoms. The summed E-state index contributed by atoms with van der Waals surface area (Å²) in [6.45, 7) is 8.90. The highest BCUT2D eigenvalue weighted by Gasteiger charge is 2.20. The molecular weight excluding hydrogens is 242 g/mol. The first kappa shape index (κ1) is 15.6. The summed E-state index contributed by atoms with van der Waals surface area (Å²) in [6, 6.07) is 2.52. The van der Waals surface area contributed by atoms with Gasteiger partial charge in [-0.25, -0.2) is 0 Å². The summed E-state index contributed by atoms with van der Waals surface area (Å²) in [7, 11) is 0. The van der Waals surface area contributed by atoms with Gasteiger partial charge in [0.2, 0.25) is 0 Å². The predicted octanol–water partition coefficient (Wildman–Crippen LogP) is 5.28. The van der Waals surface area contributed by atoms with Gasteiger partial charge in [-0.15, -0.1) is 0 Å². The van der Waals surface area contributed by atoms with Crippen molar-refractivity contribution in [2.45, 2.75) is 78.7 Å². The molecule has 0 bridgehead atoms. The van der Waals surface area contributed by atoms with E-state index in [1.807, 2.05) is 0 Å². The Labute approximate surface area is 125 Å². The smallest absolute Gasteiger partial charge is 0.0302 e. The number of benzene rings is 1. The van der Waals surface area contributed by atoms with Crippen LogP contribution in [0.15, 0.2) is 6.07 Å². The van der Waals surface area contributed by atoms with Crippen molar-refractivity contribution in [1.29, 1.82) is 0 Å². The first-order valence-electron chi connectivity index (χ1n) is 8.33. The van der Waals surface area contributed by atoms with Crippen molar-refractivity contribution >= 4 is 0 Å². The molecule has 1 aromatic carbocycles. The highest BCUT2D eigenvalue weighted by atomic mass is 14.6. The van der Waals surface area contributed by atoms with Crippen LogP contribution in [0.1, 0.15) is 78.8 Å². The molecule has 1 saturated carbocycles. The van der Waals surface area contributed by atoms with Crippen LogP contribution in [0.2, 0.25) is 0 Å². The second kappa shape index (κ2) is 6.76. The highest BCUT2D eigenvalue weighted by molar-refractivity contribution is 5.45.